The van der Waals surface area contributed by atoms with Crippen LogP contribution in [0, 0.1) is 5.92 Å². The molecule has 1 saturated carbocycles. The molecule has 0 bridgehead atoms. The van der Waals surface area contributed by atoms with Crippen LogP contribution in [0.3, 0.4) is 0 Å². The molecule has 1 aliphatic carbocycles. The van der Waals surface area contributed by atoms with Crippen LogP contribution in [0.4, 0.5) is 0 Å². The minimum absolute atomic E-state index is 0.959. The second-order valence-electron chi connectivity index (χ2n) is 2.79. The molecule has 0 aromatic heterocycles. The summed E-state index contributed by atoms with van der Waals surface area (Å²) < 4.78 is 0. The Hall–Kier alpha value is -0.260. The predicted octanol–water partition coefficient (Wildman–Crippen LogP) is 2.75. The van der Waals surface area contributed by atoms with Crippen molar-refractivity contribution in [3.63, 3.8) is 0 Å². The summed E-state index contributed by atoms with van der Waals surface area (Å²) in [5.41, 5.74) is 1.66. The summed E-state index contributed by atoms with van der Waals surface area (Å²) in [6, 6.07) is 0. The largest absolute Gasteiger partial charge is 0.0884 e. The van der Waals surface area contributed by atoms with Crippen LogP contribution in [-0.4, -0.2) is 0 Å². The van der Waals surface area contributed by atoms with E-state index in [1.165, 1.54) is 19.3 Å². The van der Waals surface area contributed by atoms with Gasteiger partial charge < -0.3 is 0 Å². The molecule has 0 aromatic rings. The van der Waals surface area contributed by atoms with Crippen molar-refractivity contribution in [3.05, 3.63) is 11.6 Å². The van der Waals surface area contributed by atoms with Crippen LogP contribution in [0.1, 0.15) is 33.1 Å². The van der Waals surface area contributed by atoms with Gasteiger partial charge in [-0.25, -0.2) is 0 Å². The van der Waals surface area contributed by atoms with Crippen LogP contribution in [-0.2, 0) is 0 Å². The van der Waals surface area contributed by atoms with E-state index in [-0.39, 0.29) is 0 Å². The zero-order chi connectivity index (χ0) is 5.98. The Bertz CT molecular complexity index is 101. The fourth-order valence-electron chi connectivity index (χ4n) is 1.35. The van der Waals surface area contributed by atoms with Crippen LogP contribution < -0.4 is 0 Å². The molecular formula is C8H14. The molecule has 1 unspecified atom stereocenters. The number of hydrogen-bond acceptors (Lipinski definition) is 0. The van der Waals surface area contributed by atoms with E-state index in [2.05, 4.69) is 19.9 Å². The lowest BCUT2D eigenvalue weighted by Crippen LogP contribution is -1.79. The molecule has 1 fully saturated rings. The Morgan fingerprint density at radius 2 is 2.38 bits per heavy atom. The van der Waals surface area contributed by atoms with Crippen molar-refractivity contribution in [1.29, 1.82) is 0 Å². The summed E-state index contributed by atoms with van der Waals surface area (Å²) in [6.45, 7) is 4.48. The molecule has 0 nitrogen and oxygen atoms in total. The average Bonchev–Trinajstić information content (AvgIpc) is 2.14. The molecule has 0 amide bonds. The Morgan fingerprint density at radius 1 is 1.62 bits per heavy atom. The summed E-state index contributed by atoms with van der Waals surface area (Å²) in [4.78, 5) is 0. The van der Waals surface area contributed by atoms with Gasteiger partial charge in [0.05, 0.1) is 0 Å². The molecule has 0 radical (unpaired) electrons. The quantitative estimate of drug-likeness (QED) is 0.420. The molecule has 8 heavy (non-hydrogen) atoms. The molecule has 0 aromatic carbocycles. The van der Waals surface area contributed by atoms with E-state index in [1.807, 2.05) is 0 Å². The molecule has 0 aliphatic heterocycles. The number of hydrogen-bond donors (Lipinski definition) is 0. The first-order valence-corrected chi connectivity index (χ1v) is 3.47. The first-order valence-electron chi connectivity index (χ1n) is 3.47. The molecule has 0 saturated heterocycles. The third-order valence-corrected chi connectivity index (χ3v) is 1.98. The third-order valence-electron chi connectivity index (χ3n) is 1.98. The van der Waals surface area contributed by atoms with E-state index >= 15 is 0 Å². The zero-order valence-corrected chi connectivity index (χ0v) is 5.78. The molecule has 1 aliphatic rings. The molecule has 0 heteroatoms. The fourth-order valence-corrected chi connectivity index (χ4v) is 1.35. The highest BCUT2D eigenvalue weighted by molar-refractivity contribution is 5.05. The van der Waals surface area contributed by atoms with Gasteiger partial charge in [-0.15, -0.1) is 0 Å². The molecule has 1 rings (SSSR count). The second kappa shape index (κ2) is 2.34. The first-order chi connectivity index (χ1) is 3.83. The van der Waals surface area contributed by atoms with Crippen LogP contribution in [0.2, 0.25) is 0 Å². The molecule has 1 atom stereocenters. The van der Waals surface area contributed by atoms with Gasteiger partial charge in [0.2, 0.25) is 0 Å². The third kappa shape index (κ3) is 1.12. The van der Waals surface area contributed by atoms with Crippen molar-refractivity contribution in [1.82, 2.24) is 0 Å². The van der Waals surface area contributed by atoms with E-state index in [1.54, 1.807) is 5.57 Å². The number of allylic oxidation sites excluding steroid dienone is 2. The van der Waals surface area contributed by atoms with E-state index < -0.39 is 0 Å². The fraction of sp³-hybridized carbons (Fsp3) is 0.750. The summed E-state index contributed by atoms with van der Waals surface area (Å²) in [6.07, 6.45) is 6.40. The Morgan fingerprint density at radius 3 is 2.62 bits per heavy atom. The summed E-state index contributed by atoms with van der Waals surface area (Å²) >= 11 is 0. The van der Waals surface area contributed by atoms with Crippen molar-refractivity contribution < 1.29 is 0 Å². The summed E-state index contributed by atoms with van der Waals surface area (Å²) in [5, 5.41) is 0. The van der Waals surface area contributed by atoms with Gasteiger partial charge in [-0.1, -0.05) is 18.6 Å². The van der Waals surface area contributed by atoms with Gasteiger partial charge >= 0.3 is 0 Å². The van der Waals surface area contributed by atoms with Gasteiger partial charge in [-0.2, -0.15) is 0 Å². The van der Waals surface area contributed by atoms with Crippen LogP contribution in [0.5, 0.6) is 0 Å². The standard InChI is InChI=1S/C8H14/c1-3-8-5-4-7(2)6-8/h3,7H,4-6H2,1-2H3/b8-3-. The van der Waals surface area contributed by atoms with Gasteiger partial charge in [0, 0.05) is 0 Å². The SMILES string of the molecule is C/C=C1/CCC(C)C1. The minimum atomic E-state index is 0.959. The Labute approximate surface area is 51.6 Å². The van der Waals surface area contributed by atoms with E-state index in [4.69, 9.17) is 0 Å². The van der Waals surface area contributed by atoms with Crippen molar-refractivity contribution in [2.24, 2.45) is 5.92 Å². The topological polar surface area (TPSA) is 0 Å². The van der Waals surface area contributed by atoms with E-state index in [0.29, 0.717) is 0 Å². The van der Waals surface area contributed by atoms with Gasteiger partial charge in [0.25, 0.3) is 0 Å². The highest BCUT2D eigenvalue weighted by Crippen LogP contribution is 2.28. The smallest absolute Gasteiger partial charge is 0.0294 e. The molecule has 0 N–H and O–H groups in total. The normalized spacial score (nSPS) is 34.2. The monoisotopic (exact) mass is 110 g/mol. The molecule has 46 valence electrons. The number of rotatable bonds is 0. The minimum Gasteiger partial charge on any atom is -0.0884 e. The second-order valence-corrected chi connectivity index (χ2v) is 2.79. The Balaban J connectivity index is 2.44. The lowest BCUT2D eigenvalue weighted by molar-refractivity contribution is 0.620. The van der Waals surface area contributed by atoms with Crippen LogP contribution >= 0.6 is 0 Å². The van der Waals surface area contributed by atoms with E-state index in [9.17, 15) is 0 Å². The molecular weight excluding hydrogens is 96.1 g/mol. The summed E-state index contributed by atoms with van der Waals surface area (Å²) in [5.74, 6) is 0.959. The van der Waals surface area contributed by atoms with Crippen molar-refractivity contribution in [3.8, 4) is 0 Å². The van der Waals surface area contributed by atoms with Crippen molar-refractivity contribution in [2.45, 2.75) is 33.1 Å². The van der Waals surface area contributed by atoms with E-state index in [0.717, 1.165) is 5.92 Å². The Kier molecular flexibility index (Phi) is 1.72. The van der Waals surface area contributed by atoms with Crippen molar-refractivity contribution >= 4 is 0 Å². The lowest BCUT2D eigenvalue weighted by Gasteiger charge is -1.93. The maximum atomic E-state index is 2.33. The maximum Gasteiger partial charge on any atom is -0.0294 e. The molecule has 0 heterocycles. The predicted molar refractivity (Wildman–Crippen MR) is 36.8 cm³/mol. The zero-order valence-electron chi connectivity index (χ0n) is 5.78. The van der Waals surface area contributed by atoms with Gasteiger partial charge in [-0.3, -0.25) is 0 Å². The maximum absolute atomic E-state index is 2.33. The van der Waals surface area contributed by atoms with Gasteiger partial charge in [0.15, 0.2) is 0 Å². The highest BCUT2D eigenvalue weighted by atomic mass is 14.2. The first kappa shape index (κ1) is 5.87. The summed E-state index contributed by atoms with van der Waals surface area (Å²) in [7, 11) is 0. The van der Waals surface area contributed by atoms with Crippen molar-refractivity contribution in [2.75, 3.05) is 0 Å². The highest BCUT2D eigenvalue weighted by Gasteiger charge is 2.12. The van der Waals surface area contributed by atoms with Crippen LogP contribution in [0.15, 0.2) is 11.6 Å². The van der Waals surface area contributed by atoms with Gasteiger partial charge in [0.1, 0.15) is 0 Å². The average molecular weight is 110 g/mol. The molecule has 0 spiro atoms. The van der Waals surface area contributed by atoms with Crippen LogP contribution in [0.25, 0.3) is 0 Å². The van der Waals surface area contributed by atoms with Gasteiger partial charge in [-0.05, 0) is 32.1 Å². The lowest BCUT2D eigenvalue weighted by atomic mass is 10.1.